The number of carbonyl (C=O) groups excluding carboxylic acids is 1. The minimum atomic E-state index is -0.845. The topological polar surface area (TPSA) is 64.6 Å². The third-order valence-corrected chi connectivity index (χ3v) is 4.89. The molecule has 1 fully saturated rings. The number of β-amino-alcohol motifs (C(OH)–C–C–N with tert-alkyl or cyclic N) is 1. The second-order valence-electron chi connectivity index (χ2n) is 7.21. The minimum absolute atomic E-state index is 0.154. The second-order valence-corrected chi connectivity index (χ2v) is 7.21. The molecule has 0 radical (unpaired) electrons. The summed E-state index contributed by atoms with van der Waals surface area (Å²) in [7, 11) is 4.03. The van der Waals surface area contributed by atoms with Crippen molar-refractivity contribution in [2.24, 2.45) is 0 Å². The molecular weight excluding hydrogens is 326 g/mol. The Morgan fingerprint density at radius 2 is 1.73 bits per heavy atom. The fourth-order valence-corrected chi connectivity index (χ4v) is 3.22. The predicted molar refractivity (Wildman–Crippen MR) is 106 cm³/mol. The van der Waals surface area contributed by atoms with Crippen LogP contribution in [0.1, 0.15) is 23.2 Å². The Morgan fingerprint density at radius 3 is 2.27 bits per heavy atom. The number of carbonyl (C=O) groups is 1. The van der Waals surface area contributed by atoms with E-state index < -0.39 is 5.60 Å². The number of aliphatic hydroxyl groups is 1. The highest BCUT2D eigenvalue weighted by Crippen LogP contribution is 2.23. The third-order valence-electron chi connectivity index (χ3n) is 4.89. The molecule has 1 amide bonds. The van der Waals surface area contributed by atoms with Crippen LogP contribution < -0.4 is 15.5 Å². The van der Waals surface area contributed by atoms with E-state index in [0.717, 1.165) is 29.8 Å². The van der Waals surface area contributed by atoms with Crippen molar-refractivity contribution in [2.75, 3.05) is 38.6 Å². The molecule has 1 aliphatic rings. The number of anilines is 1. The van der Waals surface area contributed by atoms with Gasteiger partial charge >= 0.3 is 0 Å². The molecule has 1 atom stereocenters. The fourth-order valence-electron chi connectivity index (χ4n) is 3.22. The van der Waals surface area contributed by atoms with Gasteiger partial charge < -0.3 is 20.6 Å². The van der Waals surface area contributed by atoms with Gasteiger partial charge in [0, 0.05) is 38.4 Å². The molecule has 5 heteroatoms. The molecule has 3 N–H and O–H groups in total. The summed E-state index contributed by atoms with van der Waals surface area (Å²) >= 11 is 0. The van der Waals surface area contributed by atoms with E-state index in [1.807, 2.05) is 38.4 Å². The van der Waals surface area contributed by atoms with Crippen molar-refractivity contribution >= 4 is 11.6 Å². The van der Waals surface area contributed by atoms with Gasteiger partial charge in [-0.2, -0.15) is 0 Å². The van der Waals surface area contributed by atoms with Crippen LogP contribution in [0, 0.1) is 0 Å². The summed E-state index contributed by atoms with van der Waals surface area (Å²) in [5, 5.41) is 16.5. The smallest absolute Gasteiger partial charge is 0.251 e. The van der Waals surface area contributed by atoms with Crippen LogP contribution in [0.4, 0.5) is 5.69 Å². The molecule has 0 aliphatic carbocycles. The molecule has 1 aliphatic heterocycles. The van der Waals surface area contributed by atoms with Crippen LogP contribution >= 0.6 is 0 Å². The summed E-state index contributed by atoms with van der Waals surface area (Å²) < 4.78 is 0. The van der Waals surface area contributed by atoms with Crippen molar-refractivity contribution in [1.82, 2.24) is 10.6 Å². The van der Waals surface area contributed by atoms with Gasteiger partial charge in [0.25, 0.3) is 5.91 Å². The van der Waals surface area contributed by atoms with Gasteiger partial charge in [0.15, 0.2) is 0 Å². The van der Waals surface area contributed by atoms with Gasteiger partial charge in [0.05, 0.1) is 5.60 Å². The number of rotatable bonds is 5. The lowest BCUT2D eigenvalue weighted by Crippen LogP contribution is -2.52. The molecule has 0 aromatic heterocycles. The van der Waals surface area contributed by atoms with Gasteiger partial charge in [0.2, 0.25) is 0 Å². The number of amides is 1. The average molecular weight is 353 g/mol. The van der Waals surface area contributed by atoms with Gasteiger partial charge in [-0.05, 0) is 54.8 Å². The minimum Gasteiger partial charge on any atom is -0.387 e. The molecule has 3 rings (SSSR count). The summed E-state index contributed by atoms with van der Waals surface area (Å²) in [5.74, 6) is -0.154. The van der Waals surface area contributed by atoms with E-state index in [-0.39, 0.29) is 12.5 Å². The maximum absolute atomic E-state index is 12.3. The maximum Gasteiger partial charge on any atom is 0.251 e. The van der Waals surface area contributed by atoms with E-state index in [9.17, 15) is 9.90 Å². The Hall–Kier alpha value is -2.37. The zero-order chi connectivity index (χ0) is 18.6. The summed E-state index contributed by atoms with van der Waals surface area (Å²) in [6, 6.07) is 15.9. The molecule has 1 saturated heterocycles. The molecule has 0 bridgehead atoms. The van der Waals surface area contributed by atoms with Crippen LogP contribution in [-0.4, -0.2) is 50.3 Å². The Bertz CT molecular complexity index is 733. The van der Waals surface area contributed by atoms with E-state index in [0.29, 0.717) is 18.5 Å². The molecule has 0 spiro atoms. The molecule has 26 heavy (non-hydrogen) atoms. The van der Waals surface area contributed by atoms with E-state index in [1.165, 1.54) is 0 Å². The molecule has 138 valence electrons. The largest absolute Gasteiger partial charge is 0.387 e. The van der Waals surface area contributed by atoms with E-state index in [1.54, 1.807) is 0 Å². The normalized spacial score (nSPS) is 19.8. The van der Waals surface area contributed by atoms with Crippen molar-refractivity contribution < 1.29 is 9.90 Å². The fraction of sp³-hybridized carbons (Fsp3) is 0.381. The first-order chi connectivity index (χ1) is 12.5. The SMILES string of the molecule is CN(C)c1ccc(-c2ccc(C(=O)NC[C@@]3(O)CCCNC3)cc2)cc1. The van der Waals surface area contributed by atoms with Crippen LogP contribution in [0.3, 0.4) is 0 Å². The number of nitrogens with one attached hydrogen (secondary N) is 2. The third kappa shape index (κ3) is 4.42. The number of hydrogen-bond acceptors (Lipinski definition) is 4. The zero-order valence-electron chi connectivity index (χ0n) is 15.5. The number of hydrogen-bond donors (Lipinski definition) is 3. The van der Waals surface area contributed by atoms with Gasteiger partial charge in [0.1, 0.15) is 0 Å². The van der Waals surface area contributed by atoms with Crippen LogP contribution in [0.25, 0.3) is 11.1 Å². The highest BCUT2D eigenvalue weighted by molar-refractivity contribution is 5.94. The van der Waals surface area contributed by atoms with E-state index in [4.69, 9.17) is 0 Å². The lowest BCUT2D eigenvalue weighted by Gasteiger charge is -2.32. The highest BCUT2D eigenvalue weighted by Gasteiger charge is 2.29. The molecule has 0 unspecified atom stereocenters. The molecule has 2 aromatic carbocycles. The summed E-state index contributed by atoms with van der Waals surface area (Å²) in [4.78, 5) is 14.4. The average Bonchev–Trinajstić information content (AvgIpc) is 2.67. The van der Waals surface area contributed by atoms with Crippen LogP contribution in [0.5, 0.6) is 0 Å². The van der Waals surface area contributed by atoms with E-state index >= 15 is 0 Å². The quantitative estimate of drug-likeness (QED) is 0.772. The number of benzene rings is 2. The molecule has 1 heterocycles. The summed E-state index contributed by atoms with van der Waals surface area (Å²) in [5.41, 5.74) is 3.10. The first kappa shape index (κ1) is 18.4. The first-order valence-electron chi connectivity index (χ1n) is 9.06. The van der Waals surface area contributed by atoms with Crippen molar-refractivity contribution in [3.05, 3.63) is 54.1 Å². The van der Waals surface area contributed by atoms with Crippen molar-refractivity contribution in [3.63, 3.8) is 0 Å². The van der Waals surface area contributed by atoms with Crippen LogP contribution in [-0.2, 0) is 0 Å². The van der Waals surface area contributed by atoms with Gasteiger partial charge in [-0.1, -0.05) is 24.3 Å². The highest BCUT2D eigenvalue weighted by atomic mass is 16.3. The monoisotopic (exact) mass is 353 g/mol. The lowest BCUT2D eigenvalue weighted by molar-refractivity contribution is 0.0170. The zero-order valence-corrected chi connectivity index (χ0v) is 15.5. The number of nitrogens with zero attached hydrogens (tertiary/aromatic N) is 1. The Balaban J connectivity index is 1.62. The first-order valence-corrected chi connectivity index (χ1v) is 9.06. The van der Waals surface area contributed by atoms with Crippen LogP contribution in [0.2, 0.25) is 0 Å². The lowest BCUT2D eigenvalue weighted by atomic mass is 9.94. The Morgan fingerprint density at radius 1 is 1.12 bits per heavy atom. The molecular formula is C21H27N3O2. The Kier molecular flexibility index (Phi) is 5.59. The van der Waals surface area contributed by atoms with Gasteiger partial charge in [-0.25, -0.2) is 0 Å². The number of piperidine rings is 1. The van der Waals surface area contributed by atoms with E-state index in [2.05, 4.69) is 39.8 Å². The standard InChI is InChI=1S/C21H27N3O2/c1-24(2)19-10-8-17(9-11-19)16-4-6-18(7-5-16)20(25)23-15-21(26)12-3-13-22-14-21/h4-11,22,26H,3,12-15H2,1-2H3,(H,23,25)/t21-/m1/s1. The molecule has 5 nitrogen and oxygen atoms in total. The van der Waals surface area contributed by atoms with Gasteiger partial charge in [-0.3, -0.25) is 4.79 Å². The summed E-state index contributed by atoms with van der Waals surface area (Å²) in [6.45, 7) is 1.72. The second kappa shape index (κ2) is 7.89. The molecule has 2 aromatic rings. The maximum atomic E-state index is 12.3. The van der Waals surface area contributed by atoms with Crippen molar-refractivity contribution in [2.45, 2.75) is 18.4 Å². The van der Waals surface area contributed by atoms with Crippen molar-refractivity contribution in [3.8, 4) is 11.1 Å². The van der Waals surface area contributed by atoms with Crippen molar-refractivity contribution in [1.29, 1.82) is 0 Å². The van der Waals surface area contributed by atoms with Gasteiger partial charge in [-0.15, -0.1) is 0 Å². The molecule has 0 saturated carbocycles. The summed E-state index contributed by atoms with van der Waals surface area (Å²) in [6.07, 6.45) is 1.63. The van der Waals surface area contributed by atoms with Crippen LogP contribution in [0.15, 0.2) is 48.5 Å². The predicted octanol–water partition coefficient (Wildman–Crippen LogP) is 2.26. The Labute approximate surface area is 155 Å².